The van der Waals surface area contributed by atoms with Gasteiger partial charge in [0.05, 0.1) is 17.8 Å². The molecular formula is C16H20FN3O2S. The highest BCUT2D eigenvalue weighted by Crippen LogP contribution is 2.19. The summed E-state index contributed by atoms with van der Waals surface area (Å²) in [6.07, 6.45) is 1.67. The van der Waals surface area contributed by atoms with Crippen molar-refractivity contribution in [1.82, 2.24) is 10.3 Å². The lowest BCUT2D eigenvalue weighted by Crippen LogP contribution is -2.24. The van der Waals surface area contributed by atoms with Gasteiger partial charge in [0, 0.05) is 23.7 Å². The summed E-state index contributed by atoms with van der Waals surface area (Å²) in [4.78, 5) is 4.17. The molecule has 0 spiro atoms. The molecule has 0 bridgehead atoms. The molecule has 0 unspecified atom stereocenters. The summed E-state index contributed by atoms with van der Waals surface area (Å²) >= 11 is 0. The summed E-state index contributed by atoms with van der Waals surface area (Å²) in [6, 6.07) is 8.25. The molecule has 7 heteroatoms. The highest BCUT2D eigenvalue weighted by atomic mass is 32.2. The number of anilines is 2. The maximum Gasteiger partial charge on any atom is 0.162 e. The summed E-state index contributed by atoms with van der Waals surface area (Å²) in [7, 11) is -3.09. The first-order valence-electron chi connectivity index (χ1n) is 7.28. The van der Waals surface area contributed by atoms with Crippen molar-refractivity contribution < 1.29 is 12.8 Å². The van der Waals surface area contributed by atoms with E-state index in [-0.39, 0.29) is 24.0 Å². The van der Waals surface area contributed by atoms with E-state index in [1.165, 1.54) is 12.1 Å². The summed E-state index contributed by atoms with van der Waals surface area (Å²) in [5.41, 5.74) is 2.91. The molecule has 0 radical (unpaired) electrons. The molecule has 2 rings (SSSR count). The Hall–Kier alpha value is -1.99. The average molecular weight is 337 g/mol. The molecule has 23 heavy (non-hydrogen) atoms. The molecule has 0 fully saturated rings. The van der Waals surface area contributed by atoms with E-state index in [4.69, 9.17) is 0 Å². The van der Waals surface area contributed by atoms with Crippen LogP contribution in [0.4, 0.5) is 15.8 Å². The minimum Gasteiger partial charge on any atom is -0.354 e. The van der Waals surface area contributed by atoms with Crippen LogP contribution in [0.15, 0.2) is 36.5 Å². The van der Waals surface area contributed by atoms with Crippen LogP contribution in [-0.2, 0) is 16.4 Å². The molecule has 0 aliphatic heterocycles. The van der Waals surface area contributed by atoms with E-state index in [1.54, 1.807) is 19.2 Å². The smallest absolute Gasteiger partial charge is 0.162 e. The molecule has 1 heterocycles. The van der Waals surface area contributed by atoms with Gasteiger partial charge in [0.2, 0.25) is 0 Å². The van der Waals surface area contributed by atoms with Crippen molar-refractivity contribution in [3.63, 3.8) is 0 Å². The lowest BCUT2D eigenvalue weighted by Gasteiger charge is -2.10. The molecule has 0 aliphatic rings. The molecule has 2 N–H and O–H groups in total. The first kappa shape index (κ1) is 17.4. The van der Waals surface area contributed by atoms with Crippen LogP contribution in [0.1, 0.15) is 18.2 Å². The average Bonchev–Trinajstić information content (AvgIpc) is 2.49. The van der Waals surface area contributed by atoms with Gasteiger partial charge in [0.1, 0.15) is 5.82 Å². The predicted octanol–water partition coefficient (Wildman–Crippen LogP) is 2.75. The molecule has 0 saturated heterocycles. The van der Waals surface area contributed by atoms with Crippen molar-refractivity contribution in [2.45, 2.75) is 20.4 Å². The quantitative estimate of drug-likeness (QED) is 0.813. The third-order valence-corrected chi connectivity index (χ3v) is 4.77. The molecular weight excluding hydrogens is 317 g/mol. The number of hydrogen-bond donors (Lipinski definition) is 2. The van der Waals surface area contributed by atoms with Crippen molar-refractivity contribution in [2.24, 2.45) is 0 Å². The van der Waals surface area contributed by atoms with Gasteiger partial charge in [0.15, 0.2) is 9.84 Å². The summed E-state index contributed by atoms with van der Waals surface area (Å²) < 4.78 is 36.6. The lowest BCUT2D eigenvalue weighted by atomic mass is 10.2. The number of nitrogens with one attached hydrogen (secondary N) is 2. The fourth-order valence-electron chi connectivity index (χ4n) is 1.99. The Morgan fingerprint density at radius 1 is 1.17 bits per heavy atom. The summed E-state index contributed by atoms with van der Waals surface area (Å²) in [6.45, 7) is 3.76. The van der Waals surface area contributed by atoms with Gasteiger partial charge in [-0.05, 0) is 42.8 Å². The van der Waals surface area contributed by atoms with Crippen LogP contribution in [0.3, 0.4) is 0 Å². The highest BCUT2D eigenvalue weighted by molar-refractivity contribution is 7.91. The topological polar surface area (TPSA) is 71.1 Å². The number of benzene rings is 1. The second-order valence-electron chi connectivity index (χ2n) is 5.26. The molecule has 124 valence electrons. The van der Waals surface area contributed by atoms with E-state index in [2.05, 4.69) is 15.6 Å². The van der Waals surface area contributed by atoms with Crippen LogP contribution in [0.5, 0.6) is 0 Å². The molecule has 1 aromatic heterocycles. The molecule has 5 nitrogen and oxygen atoms in total. The second kappa shape index (κ2) is 7.52. The third-order valence-electron chi connectivity index (χ3n) is 3.25. The zero-order chi connectivity index (χ0) is 16.9. The Morgan fingerprint density at radius 3 is 2.61 bits per heavy atom. The van der Waals surface area contributed by atoms with E-state index in [9.17, 15) is 12.8 Å². The Morgan fingerprint density at radius 2 is 1.96 bits per heavy atom. The number of aryl methyl sites for hydroxylation is 1. The number of nitrogens with zero attached hydrogens (tertiary/aromatic N) is 1. The van der Waals surface area contributed by atoms with E-state index < -0.39 is 9.84 Å². The minimum absolute atomic E-state index is 0.0797. The fraction of sp³-hybridized carbons (Fsp3) is 0.312. The van der Waals surface area contributed by atoms with Crippen molar-refractivity contribution >= 4 is 21.2 Å². The van der Waals surface area contributed by atoms with Gasteiger partial charge in [-0.1, -0.05) is 6.92 Å². The SMILES string of the molecule is CCS(=O)(=O)CNCc1cc(F)cc(Nc2ccc(C)nc2)c1. The molecule has 0 amide bonds. The van der Waals surface area contributed by atoms with E-state index in [1.807, 2.05) is 19.1 Å². The maximum absolute atomic E-state index is 13.7. The van der Waals surface area contributed by atoms with Gasteiger partial charge in [0.25, 0.3) is 0 Å². The summed E-state index contributed by atoms with van der Waals surface area (Å²) in [5, 5.41) is 5.91. The van der Waals surface area contributed by atoms with E-state index >= 15 is 0 Å². The van der Waals surface area contributed by atoms with Gasteiger partial charge in [-0.25, -0.2) is 12.8 Å². The first-order valence-corrected chi connectivity index (χ1v) is 9.10. The van der Waals surface area contributed by atoms with Crippen molar-refractivity contribution in [2.75, 3.05) is 16.9 Å². The number of aromatic nitrogens is 1. The van der Waals surface area contributed by atoms with Crippen molar-refractivity contribution in [3.8, 4) is 0 Å². The monoisotopic (exact) mass is 337 g/mol. The lowest BCUT2D eigenvalue weighted by molar-refractivity contribution is 0.587. The number of rotatable bonds is 7. The number of halogens is 1. The normalized spacial score (nSPS) is 11.4. The highest BCUT2D eigenvalue weighted by Gasteiger charge is 2.07. The molecule has 2 aromatic rings. The summed E-state index contributed by atoms with van der Waals surface area (Å²) in [5.74, 6) is -0.425. The van der Waals surface area contributed by atoms with E-state index in [0.29, 0.717) is 11.3 Å². The Bertz CT molecular complexity index is 761. The van der Waals surface area contributed by atoms with Crippen LogP contribution in [0.25, 0.3) is 0 Å². The van der Waals surface area contributed by atoms with Crippen LogP contribution < -0.4 is 10.6 Å². The first-order chi connectivity index (χ1) is 10.9. The fourth-order valence-corrected chi connectivity index (χ4v) is 2.60. The number of sulfone groups is 1. The molecule has 0 atom stereocenters. The minimum atomic E-state index is -3.09. The van der Waals surface area contributed by atoms with E-state index in [0.717, 1.165) is 11.4 Å². The van der Waals surface area contributed by atoms with Crippen molar-refractivity contribution in [1.29, 1.82) is 0 Å². The Balaban J connectivity index is 2.05. The van der Waals surface area contributed by atoms with Crippen LogP contribution in [0, 0.1) is 12.7 Å². The predicted molar refractivity (Wildman–Crippen MR) is 89.8 cm³/mol. The van der Waals surface area contributed by atoms with Gasteiger partial charge in [-0.3, -0.25) is 10.3 Å². The van der Waals surface area contributed by atoms with Gasteiger partial charge >= 0.3 is 0 Å². The number of pyridine rings is 1. The van der Waals surface area contributed by atoms with Crippen LogP contribution in [-0.4, -0.2) is 25.0 Å². The maximum atomic E-state index is 13.7. The molecule has 1 aromatic carbocycles. The largest absolute Gasteiger partial charge is 0.354 e. The zero-order valence-corrected chi connectivity index (χ0v) is 14.0. The van der Waals surface area contributed by atoms with Gasteiger partial charge in [-0.15, -0.1) is 0 Å². The second-order valence-corrected chi connectivity index (χ2v) is 7.62. The molecule has 0 saturated carbocycles. The van der Waals surface area contributed by atoms with Gasteiger partial charge in [-0.2, -0.15) is 0 Å². The zero-order valence-electron chi connectivity index (χ0n) is 13.1. The third kappa shape index (κ3) is 5.61. The van der Waals surface area contributed by atoms with Gasteiger partial charge < -0.3 is 5.32 Å². The Kier molecular flexibility index (Phi) is 5.68. The molecule has 0 aliphatic carbocycles. The Labute approximate surface area is 135 Å². The standard InChI is InChI=1S/C16H20FN3O2S/c1-3-23(21,22)11-18-9-13-6-14(17)8-16(7-13)20-15-5-4-12(2)19-10-15/h4-8,10,18,20H,3,9,11H2,1-2H3. The van der Waals surface area contributed by atoms with Crippen LogP contribution >= 0.6 is 0 Å². The van der Waals surface area contributed by atoms with Crippen LogP contribution in [0.2, 0.25) is 0 Å². The number of hydrogen-bond acceptors (Lipinski definition) is 5. The van der Waals surface area contributed by atoms with Crippen molar-refractivity contribution in [3.05, 3.63) is 53.6 Å².